The number of nitrogens with one attached hydrogen (secondary N) is 2. The summed E-state index contributed by atoms with van der Waals surface area (Å²) >= 11 is 0. The number of hydrogen-bond donors (Lipinski definition) is 2. The number of carbonyl (C=O) groups is 1. The topological polar surface area (TPSA) is 50.4 Å². The fourth-order valence-electron chi connectivity index (χ4n) is 2.48. The molecule has 1 aromatic rings. The van der Waals surface area contributed by atoms with E-state index in [2.05, 4.69) is 17.6 Å². The van der Waals surface area contributed by atoms with E-state index >= 15 is 0 Å². The molecule has 2 unspecified atom stereocenters. The number of hydrogen-bond acceptors (Lipinski definition) is 3. The van der Waals surface area contributed by atoms with Crippen LogP contribution in [0, 0.1) is 5.92 Å². The van der Waals surface area contributed by atoms with Crippen LogP contribution < -0.4 is 15.4 Å². The molecular formula is C15H22N2O2. The van der Waals surface area contributed by atoms with Gasteiger partial charge in [-0.15, -0.1) is 0 Å². The molecule has 1 aromatic carbocycles. The molecule has 19 heavy (non-hydrogen) atoms. The predicted octanol–water partition coefficient (Wildman–Crippen LogP) is 1.70. The number of benzene rings is 1. The molecule has 4 heteroatoms. The molecule has 0 aliphatic carbocycles. The van der Waals surface area contributed by atoms with Crippen LogP contribution in [0.25, 0.3) is 0 Å². The Morgan fingerprint density at radius 2 is 2.37 bits per heavy atom. The van der Waals surface area contributed by atoms with Crippen LogP contribution in [-0.4, -0.2) is 25.6 Å². The molecule has 2 rings (SSSR count). The third kappa shape index (κ3) is 3.70. The summed E-state index contributed by atoms with van der Waals surface area (Å²) < 4.78 is 5.17. The third-order valence-corrected chi connectivity index (χ3v) is 3.65. The van der Waals surface area contributed by atoms with Crippen LogP contribution in [-0.2, 0) is 11.3 Å². The van der Waals surface area contributed by atoms with Gasteiger partial charge in [0.25, 0.3) is 0 Å². The maximum atomic E-state index is 12.1. The van der Waals surface area contributed by atoms with E-state index in [0.717, 1.165) is 30.7 Å². The van der Waals surface area contributed by atoms with Gasteiger partial charge in [0.2, 0.25) is 5.91 Å². The molecule has 2 atom stereocenters. The zero-order valence-electron chi connectivity index (χ0n) is 11.6. The Morgan fingerprint density at radius 3 is 3.11 bits per heavy atom. The average Bonchev–Trinajstić information content (AvgIpc) is 2.45. The maximum Gasteiger partial charge on any atom is 0.237 e. The van der Waals surface area contributed by atoms with Crippen molar-refractivity contribution in [2.24, 2.45) is 5.92 Å². The maximum absolute atomic E-state index is 12.1. The van der Waals surface area contributed by atoms with Crippen molar-refractivity contribution in [3.05, 3.63) is 29.8 Å². The van der Waals surface area contributed by atoms with Gasteiger partial charge in [0.15, 0.2) is 0 Å². The second-order valence-corrected chi connectivity index (χ2v) is 5.12. The van der Waals surface area contributed by atoms with Crippen LogP contribution >= 0.6 is 0 Å². The minimum Gasteiger partial charge on any atom is -0.497 e. The van der Waals surface area contributed by atoms with E-state index in [1.807, 2.05) is 24.3 Å². The van der Waals surface area contributed by atoms with Crippen molar-refractivity contribution >= 4 is 5.91 Å². The lowest BCUT2D eigenvalue weighted by Crippen LogP contribution is -2.50. The van der Waals surface area contributed by atoms with E-state index in [1.54, 1.807) is 7.11 Å². The zero-order valence-corrected chi connectivity index (χ0v) is 11.6. The van der Waals surface area contributed by atoms with Gasteiger partial charge in [-0.05, 0) is 43.0 Å². The highest BCUT2D eigenvalue weighted by Gasteiger charge is 2.26. The first-order valence-corrected chi connectivity index (χ1v) is 6.84. The monoisotopic (exact) mass is 262 g/mol. The van der Waals surface area contributed by atoms with Gasteiger partial charge in [0, 0.05) is 6.54 Å². The van der Waals surface area contributed by atoms with Gasteiger partial charge < -0.3 is 15.4 Å². The van der Waals surface area contributed by atoms with Crippen molar-refractivity contribution in [3.8, 4) is 5.75 Å². The lowest BCUT2D eigenvalue weighted by atomic mass is 9.92. The van der Waals surface area contributed by atoms with Gasteiger partial charge >= 0.3 is 0 Å². The first kappa shape index (κ1) is 13.9. The van der Waals surface area contributed by atoms with E-state index in [4.69, 9.17) is 4.74 Å². The summed E-state index contributed by atoms with van der Waals surface area (Å²) in [5.41, 5.74) is 1.05. The summed E-state index contributed by atoms with van der Waals surface area (Å²) in [7, 11) is 1.64. The highest BCUT2D eigenvalue weighted by atomic mass is 16.5. The Hall–Kier alpha value is -1.55. The Balaban J connectivity index is 1.88. The number of rotatable bonds is 4. The lowest BCUT2D eigenvalue weighted by Gasteiger charge is -2.28. The minimum absolute atomic E-state index is 0.0562. The molecule has 104 valence electrons. The van der Waals surface area contributed by atoms with E-state index in [1.165, 1.54) is 0 Å². The summed E-state index contributed by atoms with van der Waals surface area (Å²) in [4.78, 5) is 12.1. The fraction of sp³-hybridized carbons (Fsp3) is 0.533. The summed E-state index contributed by atoms with van der Waals surface area (Å²) in [6, 6.07) is 7.70. The lowest BCUT2D eigenvalue weighted by molar-refractivity contribution is -0.125. The largest absolute Gasteiger partial charge is 0.497 e. The van der Waals surface area contributed by atoms with Crippen LogP contribution in [0.5, 0.6) is 5.75 Å². The average molecular weight is 262 g/mol. The summed E-state index contributed by atoms with van der Waals surface area (Å²) in [6.07, 6.45) is 2.27. The summed E-state index contributed by atoms with van der Waals surface area (Å²) in [5.74, 6) is 1.31. The number of amides is 1. The highest BCUT2D eigenvalue weighted by Crippen LogP contribution is 2.16. The van der Waals surface area contributed by atoms with Crippen LogP contribution in [0.1, 0.15) is 25.3 Å². The normalized spacial score (nSPS) is 22.8. The predicted molar refractivity (Wildman–Crippen MR) is 75.0 cm³/mol. The van der Waals surface area contributed by atoms with Crippen molar-refractivity contribution in [3.63, 3.8) is 0 Å². The first-order valence-electron chi connectivity index (χ1n) is 6.84. The van der Waals surface area contributed by atoms with Crippen molar-refractivity contribution in [2.45, 2.75) is 32.4 Å². The molecule has 1 saturated heterocycles. The second kappa shape index (κ2) is 6.57. The quantitative estimate of drug-likeness (QED) is 0.868. The van der Waals surface area contributed by atoms with Gasteiger partial charge in [-0.25, -0.2) is 0 Å². The van der Waals surface area contributed by atoms with Crippen LogP contribution in [0.3, 0.4) is 0 Å². The smallest absolute Gasteiger partial charge is 0.237 e. The highest BCUT2D eigenvalue weighted by molar-refractivity contribution is 5.82. The summed E-state index contributed by atoms with van der Waals surface area (Å²) in [5, 5.41) is 6.28. The van der Waals surface area contributed by atoms with E-state index in [0.29, 0.717) is 12.5 Å². The fourth-order valence-corrected chi connectivity index (χ4v) is 2.48. The molecule has 0 bridgehead atoms. The molecule has 1 heterocycles. The van der Waals surface area contributed by atoms with Crippen molar-refractivity contribution in [2.75, 3.05) is 13.7 Å². The van der Waals surface area contributed by atoms with Gasteiger partial charge in [-0.3, -0.25) is 4.79 Å². The standard InChI is InChI=1S/C15H22N2O2/c1-11-5-4-8-16-14(11)15(18)17-10-12-6-3-7-13(9-12)19-2/h3,6-7,9,11,14,16H,4-5,8,10H2,1-2H3,(H,17,18). The van der Waals surface area contributed by atoms with Gasteiger partial charge in [0.1, 0.15) is 5.75 Å². The van der Waals surface area contributed by atoms with Crippen molar-refractivity contribution in [1.82, 2.24) is 10.6 Å². The van der Waals surface area contributed by atoms with Crippen LogP contribution in [0.4, 0.5) is 0 Å². The van der Waals surface area contributed by atoms with Crippen LogP contribution in [0.2, 0.25) is 0 Å². The molecule has 1 amide bonds. The van der Waals surface area contributed by atoms with Gasteiger partial charge in [0.05, 0.1) is 13.2 Å². The molecule has 0 aromatic heterocycles. The molecule has 1 aliphatic heterocycles. The Bertz CT molecular complexity index is 434. The Morgan fingerprint density at radius 1 is 1.53 bits per heavy atom. The molecule has 0 spiro atoms. The van der Waals surface area contributed by atoms with Gasteiger partial charge in [-0.1, -0.05) is 19.1 Å². The first-order chi connectivity index (χ1) is 9.20. The van der Waals surface area contributed by atoms with E-state index in [-0.39, 0.29) is 11.9 Å². The van der Waals surface area contributed by atoms with Crippen LogP contribution in [0.15, 0.2) is 24.3 Å². The van der Waals surface area contributed by atoms with Crippen molar-refractivity contribution in [1.29, 1.82) is 0 Å². The van der Waals surface area contributed by atoms with E-state index < -0.39 is 0 Å². The van der Waals surface area contributed by atoms with E-state index in [9.17, 15) is 4.79 Å². The zero-order chi connectivity index (χ0) is 13.7. The Kier molecular flexibility index (Phi) is 4.80. The number of carbonyl (C=O) groups excluding carboxylic acids is 1. The second-order valence-electron chi connectivity index (χ2n) is 5.12. The molecule has 1 fully saturated rings. The molecule has 4 nitrogen and oxygen atoms in total. The minimum atomic E-state index is -0.0562. The number of methoxy groups -OCH3 is 1. The number of piperidine rings is 1. The van der Waals surface area contributed by atoms with Gasteiger partial charge in [-0.2, -0.15) is 0 Å². The molecule has 1 aliphatic rings. The molecule has 0 saturated carbocycles. The SMILES string of the molecule is COc1cccc(CNC(=O)C2NCCCC2C)c1. The number of ether oxygens (including phenoxy) is 1. The summed E-state index contributed by atoms with van der Waals surface area (Å²) in [6.45, 7) is 3.60. The van der Waals surface area contributed by atoms with Crippen molar-refractivity contribution < 1.29 is 9.53 Å². The Labute approximate surface area is 114 Å². The third-order valence-electron chi connectivity index (χ3n) is 3.65. The molecule has 0 radical (unpaired) electrons. The molecular weight excluding hydrogens is 240 g/mol. The molecule has 2 N–H and O–H groups in total.